The standard InChI is InChI=1S/C20H21NO4/c1-11-9-15-17(18(12(11)2)21-10-16(24-3)25-4)20(23)14-8-6-5-7-13(14)19(15)22/h5-9,16,21H,10H2,1-4H3. The van der Waals surface area contributed by atoms with Gasteiger partial charge in [-0.3, -0.25) is 9.59 Å². The summed E-state index contributed by atoms with van der Waals surface area (Å²) in [4.78, 5) is 26.0. The van der Waals surface area contributed by atoms with Gasteiger partial charge in [-0.05, 0) is 31.0 Å². The Hall–Kier alpha value is -2.50. The third-order valence-corrected chi connectivity index (χ3v) is 4.71. The molecule has 1 aliphatic rings. The summed E-state index contributed by atoms with van der Waals surface area (Å²) >= 11 is 0. The van der Waals surface area contributed by atoms with Gasteiger partial charge in [0.05, 0.1) is 12.1 Å². The van der Waals surface area contributed by atoms with E-state index in [2.05, 4.69) is 5.32 Å². The minimum atomic E-state index is -0.447. The molecule has 130 valence electrons. The lowest BCUT2D eigenvalue weighted by Gasteiger charge is -2.24. The first kappa shape index (κ1) is 17.3. The lowest BCUT2D eigenvalue weighted by molar-refractivity contribution is -0.0914. The van der Waals surface area contributed by atoms with Crippen molar-refractivity contribution in [3.05, 3.63) is 63.7 Å². The number of ketones is 2. The Morgan fingerprint density at radius 3 is 2.16 bits per heavy atom. The van der Waals surface area contributed by atoms with Crippen LogP contribution in [0.1, 0.15) is 43.0 Å². The van der Waals surface area contributed by atoms with Gasteiger partial charge in [0.15, 0.2) is 17.9 Å². The number of methoxy groups -OCH3 is 2. The van der Waals surface area contributed by atoms with Crippen LogP contribution in [0.4, 0.5) is 5.69 Å². The molecule has 0 spiro atoms. The summed E-state index contributed by atoms with van der Waals surface area (Å²) in [6.07, 6.45) is -0.447. The van der Waals surface area contributed by atoms with Crippen LogP contribution in [-0.4, -0.2) is 38.6 Å². The minimum absolute atomic E-state index is 0.119. The van der Waals surface area contributed by atoms with Crippen LogP contribution in [0.5, 0.6) is 0 Å². The monoisotopic (exact) mass is 339 g/mol. The summed E-state index contributed by atoms with van der Waals surface area (Å²) in [6, 6.07) is 8.75. The van der Waals surface area contributed by atoms with Gasteiger partial charge in [0.25, 0.3) is 0 Å². The zero-order chi connectivity index (χ0) is 18.1. The Morgan fingerprint density at radius 2 is 1.56 bits per heavy atom. The van der Waals surface area contributed by atoms with Gasteiger partial charge in [0, 0.05) is 36.6 Å². The number of carbonyl (C=O) groups is 2. The van der Waals surface area contributed by atoms with Crippen LogP contribution in [0.2, 0.25) is 0 Å². The van der Waals surface area contributed by atoms with Gasteiger partial charge in [-0.1, -0.05) is 24.3 Å². The van der Waals surface area contributed by atoms with Crippen molar-refractivity contribution in [3.8, 4) is 0 Å². The number of hydrogen-bond donors (Lipinski definition) is 1. The van der Waals surface area contributed by atoms with E-state index in [9.17, 15) is 9.59 Å². The fraction of sp³-hybridized carbons (Fsp3) is 0.300. The molecule has 0 atom stereocenters. The number of aryl methyl sites for hydroxylation is 1. The molecule has 3 rings (SSSR count). The summed E-state index contributed by atoms with van der Waals surface area (Å²) in [7, 11) is 3.11. The summed E-state index contributed by atoms with van der Waals surface area (Å²) < 4.78 is 10.4. The van der Waals surface area contributed by atoms with E-state index in [0.29, 0.717) is 34.5 Å². The quantitative estimate of drug-likeness (QED) is 0.724. The molecule has 0 unspecified atom stereocenters. The number of fused-ring (bicyclic) bond motifs is 2. The van der Waals surface area contributed by atoms with E-state index in [4.69, 9.17) is 9.47 Å². The van der Waals surface area contributed by atoms with Crippen LogP contribution < -0.4 is 5.32 Å². The molecule has 5 heteroatoms. The normalized spacial score (nSPS) is 13.0. The van der Waals surface area contributed by atoms with Crippen molar-refractivity contribution in [2.75, 3.05) is 26.1 Å². The predicted octanol–water partition coefficient (Wildman–Crippen LogP) is 3.11. The Labute approximate surface area is 147 Å². The fourth-order valence-corrected chi connectivity index (χ4v) is 3.16. The van der Waals surface area contributed by atoms with E-state index < -0.39 is 6.29 Å². The van der Waals surface area contributed by atoms with Crippen LogP contribution in [0.3, 0.4) is 0 Å². The number of ether oxygens (including phenoxy) is 2. The summed E-state index contributed by atoms with van der Waals surface area (Å²) in [5.41, 5.74) is 4.33. The topological polar surface area (TPSA) is 64.6 Å². The molecular weight excluding hydrogens is 318 g/mol. The van der Waals surface area contributed by atoms with Crippen LogP contribution in [0.15, 0.2) is 30.3 Å². The lowest BCUT2D eigenvalue weighted by atomic mass is 9.81. The Balaban J connectivity index is 2.13. The molecule has 0 amide bonds. The molecule has 2 aromatic rings. The fourth-order valence-electron chi connectivity index (χ4n) is 3.16. The van der Waals surface area contributed by atoms with Gasteiger partial charge in [-0.25, -0.2) is 0 Å². The molecule has 0 fully saturated rings. The van der Waals surface area contributed by atoms with Crippen molar-refractivity contribution >= 4 is 17.3 Å². The average molecular weight is 339 g/mol. The van der Waals surface area contributed by atoms with Gasteiger partial charge in [0.2, 0.25) is 0 Å². The highest BCUT2D eigenvalue weighted by Gasteiger charge is 2.32. The first-order valence-corrected chi connectivity index (χ1v) is 8.11. The Bertz CT molecular complexity index is 853. The first-order chi connectivity index (χ1) is 12.0. The van der Waals surface area contributed by atoms with E-state index in [-0.39, 0.29) is 11.6 Å². The van der Waals surface area contributed by atoms with Crippen LogP contribution >= 0.6 is 0 Å². The Morgan fingerprint density at radius 1 is 0.960 bits per heavy atom. The molecule has 0 heterocycles. The number of carbonyl (C=O) groups excluding carboxylic acids is 2. The maximum atomic E-state index is 13.1. The average Bonchev–Trinajstić information content (AvgIpc) is 2.63. The molecule has 0 bridgehead atoms. The van der Waals surface area contributed by atoms with Crippen LogP contribution in [0.25, 0.3) is 0 Å². The lowest BCUT2D eigenvalue weighted by Crippen LogP contribution is -2.27. The summed E-state index contributed by atoms with van der Waals surface area (Å²) in [6.45, 7) is 4.24. The molecule has 25 heavy (non-hydrogen) atoms. The Kier molecular flexibility index (Phi) is 4.70. The number of benzene rings is 2. The van der Waals surface area contributed by atoms with Crippen molar-refractivity contribution in [2.24, 2.45) is 0 Å². The smallest absolute Gasteiger partial charge is 0.196 e. The highest BCUT2D eigenvalue weighted by atomic mass is 16.7. The van der Waals surface area contributed by atoms with E-state index >= 15 is 0 Å². The first-order valence-electron chi connectivity index (χ1n) is 8.11. The van der Waals surface area contributed by atoms with E-state index in [1.165, 1.54) is 0 Å². The highest BCUT2D eigenvalue weighted by molar-refractivity contribution is 6.30. The van der Waals surface area contributed by atoms with E-state index in [1.807, 2.05) is 13.8 Å². The molecule has 1 N–H and O–H groups in total. The predicted molar refractivity (Wildman–Crippen MR) is 95.5 cm³/mol. The zero-order valence-corrected chi connectivity index (χ0v) is 14.8. The van der Waals surface area contributed by atoms with Crippen molar-refractivity contribution in [1.29, 1.82) is 0 Å². The molecule has 5 nitrogen and oxygen atoms in total. The van der Waals surface area contributed by atoms with E-state index in [1.54, 1.807) is 44.6 Å². The van der Waals surface area contributed by atoms with Gasteiger partial charge < -0.3 is 14.8 Å². The SMILES string of the molecule is COC(CNc1c(C)c(C)cc2c1C(=O)c1ccccc1C2=O)OC. The molecule has 0 aliphatic heterocycles. The van der Waals surface area contributed by atoms with Gasteiger partial charge in [-0.2, -0.15) is 0 Å². The van der Waals surface area contributed by atoms with Gasteiger partial charge >= 0.3 is 0 Å². The maximum absolute atomic E-state index is 13.1. The largest absolute Gasteiger partial charge is 0.379 e. The van der Waals surface area contributed by atoms with Crippen molar-refractivity contribution < 1.29 is 19.1 Å². The summed E-state index contributed by atoms with van der Waals surface area (Å²) in [5, 5.41) is 3.24. The third kappa shape index (κ3) is 2.86. The maximum Gasteiger partial charge on any atom is 0.196 e. The number of anilines is 1. The van der Waals surface area contributed by atoms with Crippen LogP contribution in [0, 0.1) is 13.8 Å². The second kappa shape index (κ2) is 6.78. The molecule has 2 aromatic carbocycles. The zero-order valence-electron chi connectivity index (χ0n) is 14.8. The minimum Gasteiger partial charge on any atom is -0.379 e. The third-order valence-electron chi connectivity index (χ3n) is 4.71. The molecule has 0 saturated carbocycles. The number of nitrogens with one attached hydrogen (secondary N) is 1. The number of rotatable bonds is 5. The molecule has 0 aromatic heterocycles. The molecule has 0 saturated heterocycles. The van der Waals surface area contributed by atoms with Crippen LogP contribution in [-0.2, 0) is 9.47 Å². The second-order valence-electron chi connectivity index (χ2n) is 6.10. The second-order valence-corrected chi connectivity index (χ2v) is 6.10. The number of hydrogen-bond acceptors (Lipinski definition) is 5. The van der Waals surface area contributed by atoms with Crippen molar-refractivity contribution in [2.45, 2.75) is 20.1 Å². The molecular formula is C20H21NO4. The van der Waals surface area contributed by atoms with E-state index in [0.717, 1.165) is 11.1 Å². The molecule has 0 radical (unpaired) electrons. The van der Waals surface area contributed by atoms with Crippen molar-refractivity contribution in [1.82, 2.24) is 0 Å². The van der Waals surface area contributed by atoms with Gasteiger partial charge in [0.1, 0.15) is 0 Å². The van der Waals surface area contributed by atoms with Gasteiger partial charge in [-0.15, -0.1) is 0 Å². The molecule has 1 aliphatic carbocycles. The highest BCUT2D eigenvalue weighted by Crippen LogP contribution is 2.35. The summed E-state index contributed by atoms with van der Waals surface area (Å²) in [5.74, 6) is -0.256. The van der Waals surface area contributed by atoms with Crippen molar-refractivity contribution in [3.63, 3.8) is 0 Å².